The van der Waals surface area contributed by atoms with Crippen molar-refractivity contribution in [2.75, 3.05) is 26.1 Å². The number of benzene rings is 1. The molecule has 1 rings (SSSR count). The molecule has 0 aliphatic heterocycles. The largest absolute Gasteiger partial charge is 0.374 e. The van der Waals surface area contributed by atoms with Gasteiger partial charge >= 0.3 is 5.69 Å². The lowest BCUT2D eigenvalue weighted by atomic mass is 10.2. The van der Waals surface area contributed by atoms with E-state index < -0.39 is 22.7 Å². The molecule has 0 fully saturated rings. The fraction of sp³-hybridized carbons (Fsp3) is 0.400. The minimum Gasteiger partial charge on any atom is -0.374 e. The van der Waals surface area contributed by atoms with E-state index in [9.17, 15) is 14.5 Å². The highest BCUT2D eigenvalue weighted by Crippen LogP contribution is 2.27. The highest BCUT2D eigenvalue weighted by molar-refractivity contribution is 5.61. The Labute approximate surface area is 97.5 Å². The van der Waals surface area contributed by atoms with E-state index in [0.717, 1.165) is 6.07 Å². The zero-order chi connectivity index (χ0) is 12.8. The summed E-state index contributed by atoms with van der Waals surface area (Å²) >= 11 is 0. The highest BCUT2D eigenvalue weighted by atomic mass is 19.1. The lowest BCUT2D eigenvalue weighted by molar-refractivity contribution is -0.386. The predicted octanol–water partition coefficient (Wildman–Crippen LogP) is 1.76. The summed E-state index contributed by atoms with van der Waals surface area (Å²) in [6.45, 7) is 0.178. The normalized spacial score (nSPS) is 10.6. The third-order valence-corrected chi connectivity index (χ3v) is 2.15. The topological polar surface area (TPSA) is 73.6 Å². The van der Waals surface area contributed by atoms with E-state index in [1.807, 2.05) is 0 Å². The summed E-state index contributed by atoms with van der Waals surface area (Å²) in [7, 11) is 2.88. The molecule has 0 unspecified atom stereocenters. The maximum atomic E-state index is 13.2. The fourth-order valence-corrected chi connectivity index (χ4v) is 1.30. The molecule has 0 radical (unpaired) electrons. The Morgan fingerprint density at radius 2 is 2.12 bits per heavy atom. The lowest BCUT2D eigenvalue weighted by Gasteiger charge is -2.14. The van der Waals surface area contributed by atoms with Crippen LogP contribution < -0.4 is 5.32 Å². The third-order valence-electron chi connectivity index (χ3n) is 2.15. The Morgan fingerprint density at radius 1 is 1.47 bits per heavy atom. The highest BCUT2D eigenvalue weighted by Gasteiger charge is 2.20. The molecular formula is C10H13FN2O4. The van der Waals surface area contributed by atoms with Crippen molar-refractivity contribution in [3.8, 4) is 0 Å². The number of hydrogen-bond donors (Lipinski definition) is 1. The number of nitro groups is 1. The Morgan fingerprint density at radius 3 is 2.65 bits per heavy atom. The molecule has 6 nitrogen and oxygen atoms in total. The number of rotatable bonds is 6. The second-order valence-electron chi connectivity index (χ2n) is 3.17. The quantitative estimate of drug-likeness (QED) is 0.469. The van der Waals surface area contributed by atoms with Crippen LogP contribution >= 0.6 is 0 Å². The van der Waals surface area contributed by atoms with Crippen LogP contribution in [0.15, 0.2) is 18.2 Å². The number of nitrogens with zero attached hydrogens (tertiary/aromatic N) is 1. The van der Waals surface area contributed by atoms with Crippen molar-refractivity contribution in [2.45, 2.75) is 6.29 Å². The van der Waals surface area contributed by atoms with Gasteiger partial charge < -0.3 is 14.8 Å². The molecule has 17 heavy (non-hydrogen) atoms. The van der Waals surface area contributed by atoms with Crippen LogP contribution in [0.3, 0.4) is 0 Å². The van der Waals surface area contributed by atoms with Crippen molar-refractivity contribution < 1.29 is 18.8 Å². The van der Waals surface area contributed by atoms with E-state index in [-0.39, 0.29) is 12.2 Å². The maximum Gasteiger partial charge on any atom is 0.327 e. The SMILES string of the molecule is COC(CNc1cccc(F)c1[N+](=O)[O-])OC. The van der Waals surface area contributed by atoms with Crippen LogP contribution in [0, 0.1) is 15.9 Å². The summed E-state index contributed by atoms with van der Waals surface area (Å²) in [6.07, 6.45) is -0.558. The van der Waals surface area contributed by atoms with Crippen LogP contribution in [-0.4, -0.2) is 32.0 Å². The van der Waals surface area contributed by atoms with Gasteiger partial charge in [-0.25, -0.2) is 0 Å². The molecule has 94 valence electrons. The lowest BCUT2D eigenvalue weighted by Crippen LogP contribution is -2.24. The number of para-hydroxylation sites is 1. The van der Waals surface area contributed by atoms with Crippen LogP contribution in [-0.2, 0) is 9.47 Å². The Balaban J connectivity index is 2.84. The number of methoxy groups -OCH3 is 2. The van der Waals surface area contributed by atoms with Crippen LogP contribution in [0.1, 0.15) is 0 Å². The second-order valence-corrected chi connectivity index (χ2v) is 3.17. The van der Waals surface area contributed by atoms with E-state index in [2.05, 4.69) is 5.32 Å². The van der Waals surface area contributed by atoms with E-state index >= 15 is 0 Å². The van der Waals surface area contributed by atoms with Gasteiger partial charge in [-0.05, 0) is 12.1 Å². The van der Waals surface area contributed by atoms with E-state index in [4.69, 9.17) is 9.47 Å². The van der Waals surface area contributed by atoms with Crippen molar-refractivity contribution in [1.82, 2.24) is 0 Å². The van der Waals surface area contributed by atoms with Crippen LogP contribution in [0.4, 0.5) is 15.8 Å². The number of nitro benzene ring substituents is 1. The second kappa shape index (κ2) is 6.12. The number of ether oxygens (including phenoxy) is 2. The summed E-state index contributed by atoms with van der Waals surface area (Å²) in [6, 6.07) is 3.84. The monoisotopic (exact) mass is 244 g/mol. The average Bonchev–Trinajstić information content (AvgIpc) is 2.29. The standard InChI is InChI=1S/C10H13FN2O4/c1-16-9(17-2)6-12-8-5-3-4-7(11)10(8)13(14)15/h3-5,9,12H,6H2,1-2H3. The number of hydrogen-bond acceptors (Lipinski definition) is 5. The van der Waals surface area contributed by atoms with Gasteiger partial charge in [-0.15, -0.1) is 0 Å². The minimum atomic E-state index is -0.883. The van der Waals surface area contributed by atoms with Gasteiger partial charge in [0.1, 0.15) is 5.69 Å². The van der Waals surface area contributed by atoms with Crippen LogP contribution in [0.25, 0.3) is 0 Å². The molecule has 0 amide bonds. The summed E-state index contributed by atoms with van der Waals surface area (Å²) in [5.41, 5.74) is -0.493. The van der Waals surface area contributed by atoms with Crippen LogP contribution in [0.2, 0.25) is 0 Å². The Bertz CT molecular complexity index is 396. The molecule has 1 aromatic rings. The van der Waals surface area contributed by atoms with Crippen molar-refractivity contribution in [3.05, 3.63) is 34.1 Å². The van der Waals surface area contributed by atoms with Crippen LogP contribution in [0.5, 0.6) is 0 Å². The Kier molecular flexibility index (Phi) is 4.80. The molecular weight excluding hydrogens is 231 g/mol. The predicted molar refractivity (Wildman–Crippen MR) is 59.4 cm³/mol. The van der Waals surface area contributed by atoms with E-state index in [1.165, 1.54) is 26.4 Å². The van der Waals surface area contributed by atoms with E-state index in [1.54, 1.807) is 0 Å². The molecule has 7 heteroatoms. The minimum absolute atomic E-state index is 0.0918. The van der Waals surface area contributed by atoms with Crippen molar-refractivity contribution >= 4 is 11.4 Å². The molecule has 0 saturated carbocycles. The molecule has 0 aliphatic rings. The molecule has 0 aliphatic carbocycles. The smallest absolute Gasteiger partial charge is 0.327 e. The summed E-state index contributed by atoms with van der Waals surface area (Å²) < 4.78 is 23.1. The number of nitrogens with one attached hydrogen (secondary N) is 1. The first-order valence-corrected chi connectivity index (χ1v) is 4.82. The summed E-state index contributed by atoms with van der Waals surface area (Å²) in [5, 5.41) is 13.4. The van der Waals surface area contributed by atoms with Gasteiger partial charge in [0.25, 0.3) is 0 Å². The van der Waals surface area contributed by atoms with Gasteiger partial charge in [0.15, 0.2) is 6.29 Å². The molecule has 0 heterocycles. The molecule has 1 aromatic carbocycles. The first-order chi connectivity index (χ1) is 8.10. The maximum absolute atomic E-state index is 13.2. The summed E-state index contributed by atoms with van der Waals surface area (Å²) in [4.78, 5) is 9.92. The van der Waals surface area contributed by atoms with Gasteiger partial charge in [-0.2, -0.15) is 4.39 Å². The van der Waals surface area contributed by atoms with Crippen molar-refractivity contribution in [2.24, 2.45) is 0 Å². The molecule has 0 spiro atoms. The fourth-order valence-electron chi connectivity index (χ4n) is 1.30. The average molecular weight is 244 g/mol. The van der Waals surface area contributed by atoms with Gasteiger partial charge in [-0.3, -0.25) is 10.1 Å². The first kappa shape index (κ1) is 13.3. The Hall–Kier alpha value is -1.73. The van der Waals surface area contributed by atoms with Gasteiger partial charge in [0.05, 0.1) is 11.5 Å². The molecule has 0 aromatic heterocycles. The summed E-state index contributed by atoms with van der Waals surface area (Å²) in [5.74, 6) is -0.883. The van der Waals surface area contributed by atoms with Gasteiger partial charge in [0.2, 0.25) is 5.82 Å². The zero-order valence-corrected chi connectivity index (χ0v) is 9.47. The van der Waals surface area contributed by atoms with Gasteiger partial charge in [0, 0.05) is 14.2 Å². The molecule has 0 atom stereocenters. The number of halogens is 1. The first-order valence-electron chi connectivity index (χ1n) is 4.82. The van der Waals surface area contributed by atoms with Gasteiger partial charge in [-0.1, -0.05) is 6.07 Å². The van der Waals surface area contributed by atoms with E-state index in [0.29, 0.717) is 0 Å². The van der Waals surface area contributed by atoms with Crippen molar-refractivity contribution in [3.63, 3.8) is 0 Å². The molecule has 1 N–H and O–H groups in total. The van der Waals surface area contributed by atoms with Crippen molar-refractivity contribution in [1.29, 1.82) is 0 Å². The third kappa shape index (κ3) is 3.36. The zero-order valence-electron chi connectivity index (χ0n) is 9.47. The molecule has 0 saturated heterocycles. The number of anilines is 1. The molecule has 0 bridgehead atoms.